The van der Waals surface area contributed by atoms with Gasteiger partial charge in [0, 0.05) is 19.6 Å². The van der Waals surface area contributed by atoms with Crippen LogP contribution in [0.1, 0.15) is 0 Å². The summed E-state index contributed by atoms with van der Waals surface area (Å²) in [6.07, 6.45) is -5.98. The van der Waals surface area contributed by atoms with E-state index in [0.29, 0.717) is 0 Å². The molecule has 10 heteroatoms. The first-order chi connectivity index (χ1) is 8.63. The van der Waals surface area contributed by atoms with Crippen molar-refractivity contribution in [3.8, 4) is 0 Å². The van der Waals surface area contributed by atoms with E-state index in [4.69, 9.17) is 0 Å². The van der Waals surface area contributed by atoms with Gasteiger partial charge in [-0.1, -0.05) is 15.9 Å². The molecule has 0 aromatic rings. The Labute approximate surface area is 113 Å². The minimum Gasteiger partial charge on any atom is -0.325 e. The normalized spacial score (nSPS) is 21.4. The molecule has 1 fully saturated rings. The minimum absolute atomic E-state index is 0.0474. The highest BCUT2D eigenvalue weighted by Crippen LogP contribution is 2.37. The molecule has 110 valence electrons. The van der Waals surface area contributed by atoms with Crippen molar-refractivity contribution in [1.82, 2.24) is 10.2 Å². The molecule has 0 saturated carbocycles. The van der Waals surface area contributed by atoms with Crippen molar-refractivity contribution in [2.45, 2.75) is 18.1 Å². The maximum Gasteiger partial charge on any atom is 0.463 e. The van der Waals surface area contributed by atoms with E-state index in [-0.39, 0.29) is 29.9 Å². The highest BCUT2D eigenvalue weighted by Gasteiger charge is 2.65. The Morgan fingerprint density at radius 2 is 1.84 bits per heavy atom. The van der Waals surface area contributed by atoms with Gasteiger partial charge in [-0.2, -0.15) is 22.0 Å². The molecule has 0 spiro atoms. The van der Waals surface area contributed by atoms with Gasteiger partial charge in [-0.05, 0) is 0 Å². The molecular formula is C9H10BrF5N2O2. The maximum absolute atomic E-state index is 13.0. The lowest BCUT2D eigenvalue weighted by Gasteiger charge is -2.37. The second-order valence-corrected chi connectivity index (χ2v) is 4.45. The summed E-state index contributed by atoms with van der Waals surface area (Å²) in [4.78, 5) is 23.1. The van der Waals surface area contributed by atoms with Crippen LogP contribution >= 0.6 is 15.9 Å². The molecule has 1 heterocycles. The highest BCUT2D eigenvalue weighted by atomic mass is 79.9. The Hall–Kier alpha value is -0.770. The predicted molar refractivity (Wildman–Crippen MR) is 58.2 cm³/mol. The molecular weight excluding hydrogens is 343 g/mol. The van der Waals surface area contributed by atoms with Gasteiger partial charge in [0.2, 0.25) is 0 Å². The van der Waals surface area contributed by atoms with Crippen molar-refractivity contribution in [2.24, 2.45) is 0 Å². The molecule has 0 aromatic carbocycles. The molecule has 1 amide bonds. The van der Waals surface area contributed by atoms with Gasteiger partial charge in [0.05, 0.1) is 5.33 Å². The monoisotopic (exact) mass is 352 g/mol. The van der Waals surface area contributed by atoms with Crippen LogP contribution in [0.15, 0.2) is 0 Å². The number of carbonyl (C=O) groups is 2. The summed E-state index contributed by atoms with van der Waals surface area (Å²) in [7, 11) is 0. The Morgan fingerprint density at radius 1 is 1.26 bits per heavy atom. The van der Waals surface area contributed by atoms with Crippen molar-refractivity contribution < 1.29 is 31.5 Å². The molecule has 1 rings (SSSR count). The van der Waals surface area contributed by atoms with Crippen LogP contribution in [0.3, 0.4) is 0 Å². The zero-order valence-electron chi connectivity index (χ0n) is 9.44. The second kappa shape index (κ2) is 5.70. The number of Topliss-reactive ketones (excluding diaryl/α,β-unsaturated/α-hetero) is 1. The molecule has 0 aliphatic carbocycles. The van der Waals surface area contributed by atoms with Gasteiger partial charge in [0.15, 0.2) is 5.78 Å². The van der Waals surface area contributed by atoms with Crippen LogP contribution in [0.25, 0.3) is 0 Å². The molecule has 4 nitrogen and oxygen atoms in total. The van der Waals surface area contributed by atoms with E-state index in [9.17, 15) is 31.5 Å². The van der Waals surface area contributed by atoms with E-state index < -0.39 is 29.8 Å². The molecule has 0 bridgehead atoms. The first kappa shape index (κ1) is 16.3. The summed E-state index contributed by atoms with van der Waals surface area (Å²) in [5, 5.41) is 2.43. The molecule has 19 heavy (non-hydrogen) atoms. The van der Waals surface area contributed by atoms with Crippen molar-refractivity contribution in [3.63, 3.8) is 0 Å². The number of alkyl halides is 6. The summed E-state index contributed by atoms with van der Waals surface area (Å²) in [5.41, 5.74) is 0. The topological polar surface area (TPSA) is 49.4 Å². The highest BCUT2D eigenvalue weighted by molar-refractivity contribution is 9.09. The number of rotatable bonds is 3. The lowest BCUT2D eigenvalue weighted by molar-refractivity contribution is -0.275. The Bertz CT molecular complexity index is 374. The number of piperazine rings is 1. The number of nitrogens with one attached hydrogen (secondary N) is 1. The first-order valence-electron chi connectivity index (χ1n) is 5.18. The number of amides is 1. The van der Waals surface area contributed by atoms with E-state index in [1.54, 1.807) is 0 Å². The van der Waals surface area contributed by atoms with Gasteiger partial charge < -0.3 is 10.2 Å². The summed E-state index contributed by atoms with van der Waals surface area (Å²) in [5.74, 6) is -8.52. The van der Waals surface area contributed by atoms with E-state index in [0.717, 1.165) is 0 Å². The Morgan fingerprint density at radius 3 is 2.32 bits per heavy atom. The van der Waals surface area contributed by atoms with Gasteiger partial charge in [0.1, 0.15) is 6.04 Å². The van der Waals surface area contributed by atoms with Gasteiger partial charge in [-0.25, -0.2) is 0 Å². The SMILES string of the molecule is O=C(CBr)C1CNCCN1C(=O)C(F)(F)C(F)(F)F. The standard InChI is InChI=1S/C9H10BrF5N2O2/c10-3-6(18)5-4-16-1-2-17(5)7(19)8(11,12)9(13,14)15/h5,16H,1-4H2. The lowest BCUT2D eigenvalue weighted by Crippen LogP contribution is -2.63. The van der Waals surface area contributed by atoms with Crippen LogP contribution in [-0.4, -0.2) is 59.7 Å². The van der Waals surface area contributed by atoms with Crippen molar-refractivity contribution in [2.75, 3.05) is 25.0 Å². The molecule has 0 aromatic heterocycles. The van der Waals surface area contributed by atoms with Crippen LogP contribution < -0.4 is 5.32 Å². The third kappa shape index (κ3) is 3.22. The number of ketones is 1. The Balaban J connectivity index is 2.98. The number of carbonyl (C=O) groups excluding carboxylic acids is 2. The van der Waals surface area contributed by atoms with Crippen molar-refractivity contribution in [1.29, 1.82) is 0 Å². The quantitative estimate of drug-likeness (QED) is 0.607. The molecule has 1 aliphatic rings. The first-order valence-corrected chi connectivity index (χ1v) is 6.30. The van der Waals surface area contributed by atoms with Gasteiger partial charge in [-0.3, -0.25) is 9.59 Å². The van der Waals surface area contributed by atoms with E-state index in [1.807, 2.05) is 0 Å². The molecule has 1 saturated heterocycles. The zero-order chi connectivity index (χ0) is 14.8. The number of hydrogen-bond donors (Lipinski definition) is 1. The predicted octanol–water partition coefficient (Wildman–Crippen LogP) is 0.948. The minimum atomic E-state index is -5.98. The second-order valence-electron chi connectivity index (χ2n) is 3.89. The number of nitrogens with zero attached hydrogens (tertiary/aromatic N) is 1. The Kier molecular flexibility index (Phi) is 4.88. The van der Waals surface area contributed by atoms with Gasteiger partial charge in [0.25, 0.3) is 0 Å². The smallest absolute Gasteiger partial charge is 0.325 e. The lowest BCUT2D eigenvalue weighted by atomic mass is 10.1. The fraction of sp³-hybridized carbons (Fsp3) is 0.778. The van der Waals surface area contributed by atoms with Crippen molar-refractivity contribution in [3.05, 3.63) is 0 Å². The summed E-state index contributed by atoms with van der Waals surface area (Å²) < 4.78 is 62.4. The molecule has 1 aliphatic heterocycles. The largest absolute Gasteiger partial charge is 0.463 e. The number of hydrogen-bond acceptors (Lipinski definition) is 3. The van der Waals surface area contributed by atoms with Crippen molar-refractivity contribution >= 4 is 27.6 Å². The third-order valence-electron chi connectivity index (χ3n) is 2.63. The van der Waals surface area contributed by atoms with Crippen LogP contribution in [0, 0.1) is 0 Å². The number of halogens is 6. The zero-order valence-corrected chi connectivity index (χ0v) is 11.0. The van der Waals surface area contributed by atoms with Crippen LogP contribution in [0.2, 0.25) is 0 Å². The summed E-state index contributed by atoms with van der Waals surface area (Å²) in [6.45, 7) is -0.482. The molecule has 1 atom stereocenters. The van der Waals surface area contributed by atoms with Gasteiger partial charge >= 0.3 is 18.0 Å². The average Bonchev–Trinajstić information content (AvgIpc) is 2.35. The van der Waals surface area contributed by atoms with Crippen LogP contribution in [0.5, 0.6) is 0 Å². The van der Waals surface area contributed by atoms with Crippen LogP contribution in [-0.2, 0) is 9.59 Å². The van der Waals surface area contributed by atoms with E-state index in [2.05, 4.69) is 21.2 Å². The summed E-state index contributed by atoms with van der Waals surface area (Å²) >= 11 is 2.79. The maximum atomic E-state index is 13.0. The van der Waals surface area contributed by atoms with E-state index in [1.165, 1.54) is 0 Å². The van der Waals surface area contributed by atoms with Crippen LogP contribution in [0.4, 0.5) is 22.0 Å². The molecule has 0 radical (unpaired) electrons. The molecule has 1 N–H and O–H groups in total. The summed E-state index contributed by atoms with van der Waals surface area (Å²) in [6, 6.07) is -1.33. The van der Waals surface area contributed by atoms with Gasteiger partial charge in [-0.15, -0.1) is 0 Å². The third-order valence-corrected chi connectivity index (χ3v) is 3.18. The average molecular weight is 353 g/mol. The fourth-order valence-corrected chi connectivity index (χ4v) is 2.00. The fourth-order valence-electron chi connectivity index (χ4n) is 1.63. The molecule has 1 unspecified atom stereocenters. The van der Waals surface area contributed by atoms with E-state index >= 15 is 0 Å².